The molecule has 0 spiro atoms. The first-order chi connectivity index (χ1) is 22.6. The first-order valence-corrected chi connectivity index (χ1v) is 15.3. The predicted octanol–water partition coefficient (Wildman–Crippen LogP) is 10.7. The van der Waals surface area contributed by atoms with Gasteiger partial charge in [0.1, 0.15) is 11.6 Å². The van der Waals surface area contributed by atoms with Crippen molar-refractivity contribution < 1.29 is 9.90 Å². The van der Waals surface area contributed by atoms with Crippen LogP contribution in [0.3, 0.4) is 0 Å². The van der Waals surface area contributed by atoms with Gasteiger partial charge < -0.3 is 14.9 Å². The number of rotatable bonds is 9. The van der Waals surface area contributed by atoms with Gasteiger partial charge in [-0.1, -0.05) is 78.9 Å². The third-order valence-electron chi connectivity index (χ3n) is 7.89. The second-order valence-corrected chi connectivity index (χ2v) is 11.1. The quantitative estimate of drug-likeness (QED) is 0.135. The molecule has 0 amide bonds. The van der Waals surface area contributed by atoms with Crippen LogP contribution in [-0.4, -0.2) is 11.1 Å². The summed E-state index contributed by atoms with van der Waals surface area (Å²) in [5.41, 5.74) is 9.19. The van der Waals surface area contributed by atoms with Crippen molar-refractivity contribution in [1.29, 1.82) is 5.26 Å². The third kappa shape index (κ3) is 6.99. The van der Waals surface area contributed by atoms with E-state index in [1.165, 1.54) is 6.08 Å². The topological polar surface area (TPSA) is 67.6 Å². The van der Waals surface area contributed by atoms with Gasteiger partial charge in [-0.15, -0.1) is 0 Å². The molecule has 46 heavy (non-hydrogen) atoms. The van der Waals surface area contributed by atoms with Crippen LogP contribution in [0.5, 0.6) is 0 Å². The molecule has 224 valence electrons. The Balaban J connectivity index is 1.31. The van der Waals surface area contributed by atoms with E-state index < -0.39 is 5.97 Å². The van der Waals surface area contributed by atoms with Crippen LogP contribution in [0.1, 0.15) is 24.8 Å². The van der Waals surface area contributed by atoms with E-state index in [9.17, 15) is 9.90 Å². The Labute approximate surface area is 269 Å². The predicted molar refractivity (Wildman–Crippen MR) is 187 cm³/mol. The van der Waals surface area contributed by atoms with E-state index in [-0.39, 0.29) is 5.57 Å². The van der Waals surface area contributed by atoms with Crippen molar-refractivity contribution in [2.75, 3.05) is 9.80 Å². The van der Waals surface area contributed by atoms with Gasteiger partial charge in [0.2, 0.25) is 0 Å². The first-order valence-electron chi connectivity index (χ1n) is 15.3. The highest BCUT2D eigenvalue weighted by atomic mass is 16.4. The number of allylic oxidation sites excluding steroid dienone is 4. The molecule has 5 aromatic carbocycles. The van der Waals surface area contributed by atoms with Gasteiger partial charge in [0.25, 0.3) is 0 Å². The number of aliphatic carboxylic acids is 1. The van der Waals surface area contributed by atoms with Crippen molar-refractivity contribution in [2.45, 2.75) is 19.3 Å². The lowest BCUT2D eigenvalue weighted by atomic mass is 9.92. The molecule has 0 saturated heterocycles. The summed E-state index contributed by atoms with van der Waals surface area (Å²) in [4.78, 5) is 15.8. The molecule has 5 heteroatoms. The number of para-hydroxylation sites is 3. The highest BCUT2D eigenvalue weighted by Gasteiger charge is 2.16. The van der Waals surface area contributed by atoms with Gasteiger partial charge in [0, 0.05) is 34.1 Å². The van der Waals surface area contributed by atoms with Crippen LogP contribution in [0.25, 0.3) is 6.08 Å². The van der Waals surface area contributed by atoms with E-state index in [0.29, 0.717) is 0 Å². The van der Waals surface area contributed by atoms with Crippen molar-refractivity contribution in [3.8, 4) is 6.07 Å². The minimum Gasteiger partial charge on any atom is -0.477 e. The van der Waals surface area contributed by atoms with Gasteiger partial charge in [0.05, 0.1) is 0 Å². The van der Waals surface area contributed by atoms with E-state index in [1.807, 2.05) is 36.4 Å². The number of nitriles is 1. The second-order valence-electron chi connectivity index (χ2n) is 11.1. The number of hydrogen-bond acceptors (Lipinski definition) is 4. The highest BCUT2D eigenvalue weighted by molar-refractivity contribution is 5.91. The fourth-order valence-electron chi connectivity index (χ4n) is 5.74. The zero-order chi connectivity index (χ0) is 31.7. The molecular formula is C41H33N3O2. The molecule has 1 N–H and O–H groups in total. The van der Waals surface area contributed by atoms with E-state index >= 15 is 0 Å². The van der Waals surface area contributed by atoms with Crippen molar-refractivity contribution in [3.05, 3.63) is 174 Å². The highest BCUT2D eigenvalue weighted by Crippen LogP contribution is 2.39. The molecule has 0 atom stereocenters. The summed E-state index contributed by atoms with van der Waals surface area (Å²) in [5.74, 6) is -1.20. The van der Waals surface area contributed by atoms with Crippen LogP contribution in [0.2, 0.25) is 0 Å². The Morgan fingerprint density at radius 1 is 0.609 bits per heavy atom. The number of hydrogen-bond donors (Lipinski definition) is 1. The van der Waals surface area contributed by atoms with Crippen LogP contribution in [-0.2, 0) is 4.79 Å². The van der Waals surface area contributed by atoms with Crippen molar-refractivity contribution >= 4 is 46.2 Å². The largest absolute Gasteiger partial charge is 0.477 e. The summed E-state index contributed by atoms with van der Waals surface area (Å²) >= 11 is 0. The Morgan fingerprint density at radius 3 is 1.43 bits per heavy atom. The van der Waals surface area contributed by atoms with E-state index in [1.54, 1.807) is 6.07 Å². The lowest BCUT2D eigenvalue weighted by molar-refractivity contribution is -0.132. The van der Waals surface area contributed by atoms with Crippen LogP contribution < -0.4 is 9.80 Å². The van der Waals surface area contributed by atoms with E-state index in [4.69, 9.17) is 5.26 Å². The van der Waals surface area contributed by atoms with Crippen LogP contribution >= 0.6 is 0 Å². The summed E-state index contributed by atoms with van der Waals surface area (Å²) in [6.07, 6.45) is 8.19. The van der Waals surface area contributed by atoms with Gasteiger partial charge in [-0.05, 0) is 115 Å². The summed E-state index contributed by atoms with van der Waals surface area (Å²) in [6, 6.07) is 50.0. The maximum Gasteiger partial charge on any atom is 0.346 e. The molecule has 0 unspecified atom stereocenters. The normalized spacial score (nSPS) is 13.8. The molecule has 0 aliphatic heterocycles. The van der Waals surface area contributed by atoms with E-state index in [2.05, 4.69) is 125 Å². The van der Waals surface area contributed by atoms with Crippen LogP contribution in [0.15, 0.2) is 168 Å². The number of anilines is 6. The molecule has 1 aliphatic rings. The molecule has 0 heterocycles. The van der Waals surface area contributed by atoms with Gasteiger partial charge in [-0.3, -0.25) is 0 Å². The zero-order valence-corrected chi connectivity index (χ0v) is 25.3. The number of carboxylic acids is 1. The summed E-state index contributed by atoms with van der Waals surface area (Å²) in [5, 5.41) is 18.4. The number of carboxylic acid groups (broad SMARTS) is 1. The Morgan fingerprint density at radius 2 is 1.02 bits per heavy atom. The molecule has 0 aromatic heterocycles. The molecule has 0 fully saturated rings. The van der Waals surface area contributed by atoms with Gasteiger partial charge in [0.15, 0.2) is 0 Å². The molecular weight excluding hydrogens is 566 g/mol. The molecule has 6 rings (SSSR count). The number of nitrogens with zero attached hydrogens (tertiary/aromatic N) is 3. The minimum atomic E-state index is -1.20. The van der Waals surface area contributed by atoms with E-state index in [0.717, 1.165) is 70.1 Å². The molecule has 0 radical (unpaired) electrons. The maximum absolute atomic E-state index is 11.3. The fraction of sp³-hybridized carbons (Fsp3) is 0.0732. The fourth-order valence-corrected chi connectivity index (χ4v) is 5.74. The van der Waals surface area contributed by atoms with Crippen molar-refractivity contribution in [3.63, 3.8) is 0 Å². The number of carbonyl (C=O) groups is 1. The van der Waals surface area contributed by atoms with Gasteiger partial charge in [-0.2, -0.15) is 5.26 Å². The van der Waals surface area contributed by atoms with Crippen LogP contribution in [0.4, 0.5) is 34.1 Å². The van der Waals surface area contributed by atoms with Gasteiger partial charge >= 0.3 is 5.97 Å². The molecule has 1 aliphatic carbocycles. The Bertz CT molecular complexity index is 1880. The van der Waals surface area contributed by atoms with Gasteiger partial charge in [-0.25, -0.2) is 4.79 Å². The lowest BCUT2D eigenvalue weighted by Crippen LogP contribution is -2.12. The van der Waals surface area contributed by atoms with Crippen molar-refractivity contribution in [2.24, 2.45) is 0 Å². The number of benzene rings is 5. The summed E-state index contributed by atoms with van der Waals surface area (Å²) < 4.78 is 0. The standard InChI is InChI=1S/C41H33N3O2/c42-30-34(41(45)46)29-33-12-10-11-32(28-33)27-31-19-21-38(22-20-31)44(37-17-8-3-9-18-37)40-25-23-39(24-26-40)43(35-13-4-1-5-14-35)36-15-6-2-7-16-36/h1-9,13-29H,10-12H2,(H,45,46)/b32-27+,34-29+. The Hall–Kier alpha value is -6.12. The molecule has 0 bridgehead atoms. The maximum atomic E-state index is 11.3. The molecule has 5 aromatic rings. The summed E-state index contributed by atoms with van der Waals surface area (Å²) in [7, 11) is 0. The smallest absolute Gasteiger partial charge is 0.346 e. The lowest BCUT2D eigenvalue weighted by Gasteiger charge is -2.28. The molecule has 0 saturated carbocycles. The SMILES string of the molecule is N#C/C(=C\C1=CC(=C/c2ccc(N(c3ccccc3)c3ccc(N(c4ccccc4)c4ccccc4)cc3)cc2)/CCC1)C(=O)O. The average Bonchev–Trinajstić information content (AvgIpc) is 3.10. The third-order valence-corrected chi connectivity index (χ3v) is 7.89. The zero-order valence-electron chi connectivity index (χ0n) is 25.3. The summed E-state index contributed by atoms with van der Waals surface area (Å²) in [6.45, 7) is 0. The monoisotopic (exact) mass is 599 g/mol. The Kier molecular flexibility index (Phi) is 9.18. The first kappa shape index (κ1) is 29.9. The second kappa shape index (κ2) is 14.1. The average molecular weight is 600 g/mol. The minimum absolute atomic E-state index is 0.237. The molecule has 5 nitrogen and oxygen atoms in total. The van der Waals surface area contributed by atoms with Crippen LogP contribution in [0, 0.1) is 11.3 Å². The van der Waals surface area contributed by atoms with Crippen molar-refractivity contribution in [1.82, 2.24) is 0 Å².